The number of nitrogens with one attached hydrogen (secondary N) is 2. The van der Waals surface area contributed by atoms with Crippen molar-refractivity contribution in [3.63, 3.8) is 0 Å². The quantitative estimate of drug-likeness (QED) is 0.746. The van der Waals surface area contributed by atoms with Crippen LogP contribution in [0, 0.1) is 0 Å². The number of hydrogen-bond acceptors (Lipinski definition) is 5. The second-order valence-electron chi connectivity index (χ2n) is 6.04. The molecule has 0 bridgehead atoms. The summed E-state index contributed by atoms with van der Waals surface area (Å²) in [5.74, 6) is 0.637. The van der Waals surface area contributed by atoms with Gasteiger partial charge in [-0.3, -0.25) is 9.48 Å². The van der Waals surface area contributed by atoms with Crippen LogP contribution in [0.4, 0.5) is 5.69 Å². The minimum Gasteiger partial charge on any atom is -0.323 e. The molecule has 8 heteroatoms. The molecule has 1 amide bonds. The van der Waals surface area contributed by atoms with Gasteiger partial charge in [-0.15, -0.1) is 0 Å². The van der Waals surface area contributed by atoms with Gasteiger partial charge in [0, 0.05) is 24.8 Å². The van der Waals surface area contributed by atoms with Crippen molar-refractivity contribution in [3.05, 3.63) is 55.2 Å². The molecule has 2 N–H and O–H groups in total. The molecule has 8 nitrogen and oxygen atoms in total. The third-order valence-electron chi connectivity index (χ3n) is 4.54. The first-order chi connectivity index (χ1) is 12.3. The lowest BCUT2D eigenvalue weighted by Crippen LogP contribution is -2.52. The van der Waals surface area contributed by atoms with Gasteiger partial charge >= 0.3 is 0 Å². The number of carbonyl (C=O) groups excluding carboxylic acids is 1. The maximum absolute atomic E-state index is 13.1. The van der Waals surface area contributed by atoms with Crippen molar-refractivity contribution in [3.8, 4) is 5.82 Å². The third kappa shape index (κ3) is 2.91. The van der Waals surface area contributed by atoms with Crippen molar-refractivity contribution >= 4 is 11.6 Å². The molecule has 1 aliphatic heterocycles. The molecule has 128 valence electrons. The number of piperidine rings is 1. The van der Waals surface area contributed by atoms with Gasteiger partial charge in [-0.05, 0) is 50.2 Å². The van der Waals surface area contributed by atoms with Crippen molar-refractivity contribution in [1.82, 2.24) is 29.9 Å². The normalized spacial score (nSPS) is 16.5. The zero-order chi connectivity index (χ0) is 17.1. The summed E-state index contributed by atoms with van der Waals surface area (Å²) in [6.45, 7) is 1.56. The van der Waals surface area contributed by atoms with Gasteiger partial charge in [-0.25, -0.2) is 9.67 Å². The fourth-order valence-electron chi connectivity index (χ4n) is 3.17. The van der Waals surface area contributed by atoms with Gasteiger partial charge in [0.15, 0.2) is 5.82 Å². The van der Waals surface area contributed by atoms with Crippen LogP contribution >= 0.6 is 0 Å². The van der Waals surface area contributed by atoms with Crippen LogP contribution in [0.15, 0.2) is 55.2 Å². The summed E-state index contributed by atoms with van der Waals surface area (Å²) >= 11 is 0. The summed E-state index contributed by atoms with van der Waals surface area (Å²) < 4.78 is 3.44. The number of aromatic nitrogens is 5. The van der Waals surface area contributed by atoms with Crippen LogP contribution in [-0.4, -0.2) is 43.5 Å². The lowest BCUT2D eigenvalue weighted by atomic mass is 9.87. The number of carbonyl (C=O) groups is 1. The number of nitrogens with zero attached hydrogens (tertiary/aromatic N) is 5. The molecule has 25 heavy (non-hydrogen) atoms. The molecule has 4 heterocycles. The number of hydrogen-bond donors (Lipinski definition) is 2. The van der Waals surface area contributed by atoms with Gasteiger partial charge in [-0.1, -0.05) is 0 Å². The lowest BCUT2D eigenvalue weighted by Gasteiger charge is -2.36. The summed E-state index contributed by atoms with van der Waals surface area (Å²) in [6.07, 6.45) is 10.1. The van der Waals surface area contributed by atoms with E-state index < -0.39 is 5.54 Å². The Morgan fingerprint density at radius 3 is 2.56 bits per heavy atom. The summed E-state index contributed by atoms with van der Waals surface area (Å²) in [6, 6.07) is 7.34. The zero-order valence-electron chi connectivity index (χ0n) is 13.7. The highest BCUT2D eigenvalue weighted by Crippen LogP contribution is 2.28. The van der Waals surface area contributed by atoms with E-state index in [1.54, 1.807) is 28.0 Å². The average molecular weight is 337 g/mol. The Labute approximate surface area is 144 Å². The third-order valence-corrected chi connectivity index (χ3v) is 4.54. The van der Waals surface area contributed by atoms with Crippen molar-refractivity contribution in [2.45, 2.75) is 18.4 Å². The van der Waals surface area contributed by atoms with Gasteiger partial charge in [0.1, 0.15) is 5.54 Å². The van der Waals surface area contributed by atoms with E-state index in [9.17, 15) is 4.79 Å². The van der Waals surface area contributed by atoms with Gasteiger partial charge in [0.2, 0.25) is 0 Å². The number of pyridine rings is 1. The Morgan fingerprint density at radius 2 is 1.92 bits per heavy atom. The van der Waals surface area contributed by atoms with Crippen LogP contribution in [0.3, 0.4) is 0 Å². The van der Waals surface area contributed by atoms with E-state index in [4.69, 9.17) is 0 Å². The van der Waals surface area contributed by atoms with E-state index in [0.717, 1.165) is 13.1 Å². The highest BCUT2D eigenvalue weighted by atomic mass is 16.2. The molecule has 1 fully saturated rings. The Morgan fingerprint density at radius 1 is 1.12 bits per heavy atom. The fourth-order valence-corrected chi connectivity index (χ4v) is 3.17. The van der Waals surface area contributed by atoms with E-state index in [1.165, 1.54) is 0 Å². The van der Waals surface area contributed by atoms with Gasteiger partial charge < -0.3 is 10.6 Å². The van der Waals surface area contributed by atoms with Gasteiger partial charge in [-0.2, -0.15) is 10.2 Å². The largest absolute Gasteiger partial charge is 0.323 e. The summed E-state index contributed by atoms with van der Waals surface area (Å²) in [5.41, 5.74) is -0.0129. The highest BCUT2D eigenvalue weighted by molar-refractivity contribution is 5.96. The molecule has 4 rings (SSSR count). The molecule has 0 unspecified atom stereocenters. The number of rotatable bonds is 4. The van der Waals surface area contributed by atoms with Crippen LogP contribution in [0.1, 0.15) is 12.8 Å². The number of amides is 1. The van der Waals surface area contributed by atoms with Gasteiger partial charge in [0.05, 0.1) is 11.9 Å². The van der Waals surface area contributed by atoms with Gasteiger partial charge in [0.25, 0.3) is 5.91 Å². The minimum absolute atomic E-state index is 0.0636. The monoisotopic (exact) mass is 337 g/mol. The molecule has 1 aliphatic rings. The molecule has 0 aromatic carbocycles. The van der Waals surface area contributed by atoms with Crippen LogP contribution in [0.25, 0.3) is 5.82 Å². The first-order valence-corrected chi connectivity index (χ1v) is 8.26. The first kappa shape index (κ1) is 15.5. The van der Waals surface area contributed by atoms with Crippen LogP contribution in [0.5, 0.6) is 0 Å². The van der Waals surface area contributed by atoms with Crippen LogP contribution in [-0.2, 0) is 10.3 Å². The van der Waals surface area contributed by atoms with E-state index >= 15 is 0 Å². The molecule has 0 radical (unpaired) electrons. The average Bonchev–Trinajstić information content (AvgIpc) is 3.37. The van der Waals surface area contributed by atoms with E-state index in [1.807, 2.05) is 36.7 Å². The Hall–Kier alpha value is -3.00. The molecule has 3 aromatic rings. The van der Waals surface area contributed by atoms with E-state index in [2.05, 4.69) is 25.8 Å². The molecule has 3 aromatic heterocycles. The second-order valence-corrected chi connectivity index (χ2v) is 6.04. The lowest BCUT2D eigenvalue weighted by molar-refractivity contribution is -0.126. The number of anilines is 1. The predicted octanol–water partition coefficient (Wildman–Crippen LogP) is 1.18. The van der Waals surface area contributed by atoms with Crippen molar-refractivity contribution in [1.29, 1.82) is 0 Å². The fraction of sp³-hybridized carbons (Fsp3) is 0.294. The minimum atomic E-state index is -0.671. The molecular formula is C17H19N7O. The van der Waals surface area contributed by atoms with Crippen molar-refractivity contribution < 1.29 is 4.79 Å². The summed E-state index contributed by atoms with van der Waals surface area (Å²) in [7, 11) is 0. The SMILES string of the molecule is O=C(Nc1ccc(-n2cccn2)nc1)C1(n2cccn2)CCNCC1. The first-order valence-electron chi connectivity index (χ1n) is 8.26. The summed E-state index contributed by atoms with van der Waals surface area (Å²) in [4.78, 5) is 17.4. The van der Waals surface area contributed by atoms with E-state index in [0.29, 0.717) is 24.3 Å². The Bertz CT molecular complexity index is 819. The van der Waals surface area contributed by atoms with E-state index in [-0.39, 0.29) is 5.91 Å². The second kappa shape index (κ2) is 6.48. The Kier molecular flexibility index (Phi) is 4.02. The zero-order valence-corrected chi connectivity index (χ0v) is 13.7. The highest BCUT2D eigenvalue weighted by Gasteiger charge is 2.42. The smallest absolute Gasteiger partial charge is 0.252 e. The van der Waals surface area contributed by atoms with Crippen LogP contribution in [0.2, 0.25) is 0 Å². The maximum Gasteiger partial charge on any atom is 0.252 e. The van der Waals surface area contributed by atoms with Crippen molar-refractivity contribution in [2.24, 2.45) is 0 Å². The molecule has 0 atom stereocenters. The standard InChI is InChI=1S/C17H19N7O/c25-16(17(5-9-18-10-6-17)24-12-2-8-21-24)22-14-3-4-15(19-13-14)23-11-1-7-20-23/h1-4,7-8,11-13,18H,5-6,9-10H2,(H,22,25). The Balaban J connectivity index is 1.55. The molecular weight excluding hydrogens is 318 g/mol. The predicted molar refractivity (Wildman–Crippen MR) is 92.3 cm³/mol. The molecule has 0 saturated carbocycles. The topological polar surface area (TPSA) is 89.7 Å². The molecule has 0 spiro atoms. The molecule has 1 saturated heterocycles. The maximum atomic E-state index is 13.1. The molecule has 0 aliphatic carbocycles. The van der Waals surface area contributed by atoms with Crippen molar-refractivity contribution in [2.75, 3.05) is 18.4 Å². The van der Waals surface area contributed by atoms with Crippen LogP contribution < -0.4 is 10.6 Å². The summed E-state index contributed by atoms with van der Waals surface area (Å²) in [5, 5.41) is 14.8.